The summed E-state index contributed by atoms with van der Waals surface area (Å²) in [6, 6.07) is 18.6. The van der Waals surface area contributed by atoms with Crippen LogP contribution < -0.4 is 0 Å². The first-order chi connectivity index (χ1) is 15.8. The lowest BCUT2D eigenvalue weighted by atomic mass is 9.79. The molecular weight excluding hydrogens is 412 g/mol. The van der Waals surface area contributed by atoms with Crippen molar-refractivity contribution in [2.45, 2.75) is 26.7 Å². The Morgan fingerprint density at radius 2 is 1.76 bits per heavy atom. The highest BCUT2D eigenvalue weighted by atomic mass is 16.2. The first kappa shape index (κ1) is 22.6. The van der Waals surface area contributed by atoms with Crippen LogP contribution in [0.5, 0.6) is 0 Å². The van der Waals surface area contributed by atoms with Crippen molar-refractivity contribution in [3.05, 3.63) is 83.4 Å². The maximum Gasteiger partial charge on any atom is 0.257 e. The molecule has 1 saturated heterocycles. The molecule has 2 amide bonds. The number of carbonyl (C=O) groups is 2. The minimum absolute atomic E-state index is 0.0554. The quantitative estimate of drug-likeness (QED) is 0.601. The van der Waals surface area contributed by atoms with Gasteiger partial charge in [0.2, 0.25) is 5.91 Å². The highest BCUT2D eigenvalue weighted by Crippen LogP contribution is 2.37. The Morgan fingerprint density at radius 3 is 2.45 bits per heavy atom. The van der Waals surface area contributed by atoms with Crippen molar-refractivity contribution >= 4 is 11.8 Å². The molecule has 33 heavy (non-hydrogen) atoms. The lowest BCUT2D eigenvalue weighted by Crippen LogP contribution is -2.44. The second kappa shape index (κ2) is 9.14. The third-order valence-corrected chi connectivity index (χ3v) is 6.41. The SMILES string of the molecule is Cc1ncc(C(=O)N2CC[C@@](Cc3cccc(-c4ccccc4)c3)(C(=O)N(C)C)C2)c(C)n1. The van der Waals surface area contributed by atoms with Crippen LogP contribution in [-0.2, 0) is 11.2 Å². The van der Waals surface area contributed by atoms with E-state index in [9.17, 15) is 9.59 Å². The molecule has 4 rings (SSSR count). The average Bonchev–Trinajstić information content (AvgIpc) is 3.24. The molecular formula is C27H30N4O2. The fourth-order valence-corrected chi connectivity index (χ4v) is 4.76. The summed E-state index contributed by atoms with van der Waals surface area (Å²) in [5.74, 6) is 0.583. The molecule has 2 aromatic carbocycles. The number of amides is 2. The Morgan fingerprint density at radius 1 is 1.03 bits per heavy atom. The number of rotatable bonds is 5. The molecule has 1 aliphatic rings. The molecule has 0 unspecified atom stereocenters. The molecule has 3 aromatic rings. The van der Waals surface area contributed by atoms with Crippen molar-refractivity contribution < 1.29 is 9.59 Å². The number of hydrogen-bond acceptors (Lipinski definition) is 4. The van der Waals surface area contributed by atoms with Crippen molar-refractivity contribution in [3.8, 4) is 11.1 Å². The van der Waals surface area contributed by atoms with Crippen LogP contribution in [0.4, 0.5) is 0 Å². The first-order valence-corrected chi connectivity index (χ1v) is 11.2. The van der Waals surface area contributed by atoms with Gasteiger partial charge in [0.05, 0.1) is 16.7 Å². The maximum atomic E-state index is 13.4. The van der Waals surface area contributed by atoms with Crippen LogP contribution in [0.15, 0.2) is 60.8 Å². The normalized spacial score (nSPS) is 17.8. The number of likely N-dealkylation sites (tertiary alicyclic amines) is 1. The van der Waals surface area contributed by atoms with E-state index in [-0.39, 0.29) is 11.8 Å². The molecule has 1 atom stereocenters. The molecule has 0 spiro atoms. The molecule has 170 valence electrons. The van der Waals surface area contributed by atoms with Gasteiger partial charge in [-0.15, -0.1) is 0 Å². The van der Waals surface area contributed by atoms with Crippen molar-refractivity contribution in [1.82, 2.24) is 19.8 Å². The van der Waals surface area contributed by atoms with Crippen molar-refractivity contribution in [2.24, 2.45) is 5.41 Å². The summed E-state index contributed by atoms with van der Waals surface area (Å²) in [5.41, 5.74) is 3.87. The Labute approximate surface area is 195 Å². The van der Waals surface area contributed by atoms with Crippen LogP contribution in [-0.4, -0.2) is 58.8 Å². The number of nitrogens with zero attached hydrogens (tertiary/aromatic N) is 4. The highest BCUT2D eigenvalue weighted by molar-refractivity contribution is 5.96. The largest absolute Gasteiger partial charge is 0.348 e. The zero-order chi connectivity index (χ0) is 23.6. The third-order valence-electron chi connectivity index (χ3n) is 6.41. The van der Waals surface area contributed by atoms with E-state index in [1.807, 2.05) is 31.2 Å². The third kappa shape index (κ3) is 4.65. The second-order valence-corrected chi connectivity index (χ2v) is 9.12. The van der Waals surface area contributed by atoms with Crippen LogP contribution in [0.1, 0.15) is 33.9 Å². The van der Waals surface area contributed by atoms with Gasteiger partial charge in [0.1, 0.15) is 5.82 Å². The van der Waals surface area contributed by atoms with Gasteiger partial charge in [-0.25, -0.2) is 9.97 Å². The van der Waals surface area contributed by atoms with Gasteiger partial charge < -0.3 is 9.80 Å². The average molecular weight is 443 g/mol. The van der Waals surface area contributed by atoms with Gasteiger partial charge in [0.25, 0.3) is 5.91 Å². The van der Waals surface area contributed by atoms with E-state index in [1.54, 1.807) is 37.0 Å². The van der Waals surface area contributed by atoms with E-state index in [0.29, 0.717) is 43.0 Å². The highest BCUT2D eigenvalue weighted by Gasteiger charge is 2.47. The van der Waals surface area contributed by atoms with E-state index in [4.69, 9.17) is 0 Å². The van der Waals surface area contributed by atoms with Gasteiger partial charge >= 0.3 is 0 Å². The van der Waals surface area contributed by atoms with E-state index >= 15 is 0 Å². The standard InChI is InChI=1S/C27H30N4O2/c1-19-24(17-28-20(2)29-19)25(32)31-14-13-27(18-31,26(33)30(3)4)16-21-9-8-12-23(15-21)22-10-6-5-7-11-22/h5-12,15,17H,13-14,16,18H2,1-4H3/t27-/m0/s1. The lowest BCUT2D eigenvalue weighted by molar-refractivity contribution is -0.138. The predicted molar refractivity (Wildman–Crippen MR) is 129 cm³/mol. The lowest BCUT2D eigenvalue weighted by Gasteiger charge is -2.31. The molecule has 1 aliphatic heterocycles. The summed E-state index contributed by atoms with van der Waals surface area (Å²) in [7, 11) is 3.57. The summed E-state index contributed by atoms with van der Waals surface area (Å²) in [5, 5.41) is 0. The van der Waals surface area contributed by atoms with Gasteiger partial charge in [0, 0.05) is 33.4 Å². The molecule has 0 bridgehead atoms. The number of carbonyl (C=O) groups excluding carboxylic acids is 2. The summed E-state index contributed by atoms with van der Waals surface area (Å²) in [4.78, 5) is 38.6. The van der Waals surface area contributed by atoms with E-state index in [2.05, 4.69) is 40.3 Å². The van der Waals surface area contributed by atoms with E-state index < -0.39 is 5.41 Å². The fourth-order valence-electron chi connectivity index (χ4n) is 4.76. The molecule has 0 aliphatic carbocycles. The molecule has 6 nitrogen and oxygen atoms in total. The molecule has 0 saturated carbocycles. The minimum atomic E-state index is -0.659. The smallest absolute Gasteiger partial charge is 0.257 e. The monoisotopic (exact) mass is 442 g/mol. The summed E-state index contributed by atoms with van der Waals surface area (Å²) in [6.45, 7) is 4.54. The Hall–Kier alpha value is -3.54. The van der Waals surface area contributed by atoms with Gasteiger partial charge in [-0.05, 0) is 43.4 Å². The van der Waals surface area contributed by atoms with Crippen LogP contribution in [0.3, 0.4) is 0 Å². The summed E-state index contributed by atoms with van der Waals surface area (Å²) < 4.78 is 0. The van der Waals surface area contributed by atoms with Crippen LogP contribution >= 0.6 is 0 Å². The van der Waals surface area contributed by atoms with Crippen LogP contribution in [0.25, 0.3) is 11.1 Å². The number of hydrogen-bond donors (Lipinski definition) is 0. The zero-order valence-corrected chi connectivity index (χ0v) is 19.7. The number of aryl methyl sites for hydroxylation is 2. The Kier molecular flexibility index (Phi) is 6.27. The minimum Gasteiger partial charge on any atom is -0.348 e. The molecule has 6 heteroatoms. The van der Waals surface area contributed by atoms with E-state index in [1.165, 1.54) is 0 Å². The first-order valence-electron chi connectivity index (χ1n) is 11.2. The van der Waals surface area contributed by atoms with Crippen LogP contribution in [0, 0.1) is 19.3 Å². The van der Waals surface area contributed by atoms with Gasteiger partial charge in [-0.3, -0.25) is 9.59 Å². The van der Waals surface area contributed by atoms with Crippen LogP contribution in [0.2, 0.25) is 0 Å². The molecule has 1 fully saturated rings. The van der Waals surface area contributed by atoms with Crippen molar-refractivity contribution in [1.29, 1.82) is 0 Å². The molecule has 2 heterocycles. The van der Waals surface area contributed by atoms with Crippen molar-refractivity contribution in [2.75, 3.05) is 27.2 Å². The van der Waals surface area contributed by atoms with Gasteiger partial charge in [-0.1, -0.05) is 54.6 Å². The number of benzene rings is 2. The van der Waals surface area contributed by atoms with Crippen molar-refractivity contribution in [3.63, 3.8) is 0 Å². The van der Waals surface area contributed by atoms with Gasteiger partial charge in [0.15, 0.2) is 0 Å². The molecule has 1 aromatic heterocycles. The maximum absolute atomic E-state index is 13.4. The fraction of sp³-hybridized carbons (Fsp3) is 0.333. The second-order valence-electron chi connectivity index (χ2n) is 9.12. The zero-order valence-electron chi connectivity index (χ0n) is 19.7. The topological polar surface area (TPSA) is 66.4 Å². The number of aromatic nitrogens is 2. The molecule has 0 radical (unpaired) electrons. The predicted octanol–water partition coefficient (Wildman–Crippen LogP) is 3.92. The van der Waals surface area contributed by atoms with E-state index in [0.717, 1.165) is 16.7 Å². The summed E-state index contributed by atoms with van der Waals surface area (Å²) >= 11 is 0. The summed E-state index contributed by atoms with van der Waals surface area (Å²) in [6.07, 6.45) is 2.80. The Balaban J connectivity index is 1.62. The molecule has 0 N–H and O–H groups in total. The van der Waals surface area contributed by atoms with Gasteiger partial charge in [-0.2, -0.15) is 0 Å². The Bertz CT molecular complexity index is 1180.